The SMILES string of the molecule is O=C(CCc1c[nH]c2ccccc12)Nc1ccc2ccccc2c1. The summed E-state index contributed by atoms with van der Waals surface area (Å²) in [6, 6.07) is 22.3. The summed E-state index contributed by atoms with van der Waals surface area (Å²) in [6.45, 7) is 0. The van der Waals surface area contributed by atoms with Gasteiger partial charge in [-0.1, -0.05) is 48.5 Å². The topological polar surface area (TPSA) is 44.9 Å². The van der Waals surface area contributed by atoms with Gasteiger partial charge in [-0.05, 0) is 41.0 Å². The van der Waals surface area contributed by atoms with Gasteiger partial charge >= 0.3 is 0 Å². The Labute approximate surface area is 140 Å². The molecule has 0 bridgehead atoms. The average Bonchev–Trinajstić information content (AvgIpc) is 3.03. The molecule has 2 N–H and O–H groups in total. The van der Waals surface area contributed by atoms with Crippen molar-refractivity contribution >= 4 is 33.3 Å². The molecule has 4 rings (SSSR count). The molecule has 0 saturated heterocycles. The van der Waals surface area contributed by atoms with E-state index in [1.807, 2.05) is 54.7 Å². The summed E-state index contributed by atoms with van der Waals surface area (Å²) < 4.78 is 0. The van der Waals surface area contributed by atoms with Crippen molar-refractivity contribution < 1.29 is 4.79 Å². The first-order valence-corrected chi connectivity index (χ1v) is 8.13. The van der Waals surface area contributed by atoms with Gasteiger partial charge in [0, 0.05) is 29.2 Å². The standard InChI is InChI=1S/C21H18N2O/c24-21(12-10-17-14-22-20-8-4-3-7-19(17)20)23-18-11-9-15-5-1-2-6-16(15)13-18/h1-9,11,13-14,22H,10,12H2,(H,23,24). The van der Waals surface area contributed by atoms with Crippen LogP contribution in [0.3, 0.4) is 0 Å². The summed E-state index contributed by atoms with van der Waals surface area (Å²) in [5.74, 6) is 0.0376. The van der Waals surface area contributed by atoms with Crippen molar-refractivity contribution in [2.24, 2.45) is 0 Å². The molecule has 1 aromatic heterocycles. The number of anilines is 1. The number of H-pyrrole nitrogens is 1. The Morgan fingerprint density at radius 2 is 1.71 bits per heavy atom. The highest BCUT2D eigenvalue weighted by atomic mass is 16.1. The van der Waals surface area contributed by atoms with Crippen molar-refractivity contribution in [3.63, 3.8) is 0 Å². The molecule has 0 saturated carbocycles. The van der Waals surface area contributed by atoms with Crippen LogP contribution in [0.15, 0.2) is 72.9 Å². The van der Waals surface area contributed by atoms with Gasteiger partial charge in [0.1, 0.15) is 0 Å². The van der Waals surface area contributed by atoms with E-state index in [1.165, 1.54) is 16.3 Å². The minimum atomic E-state index is 0.0376. The summed E-state index contributed by atoms with van der Waals surface area (Å²) >= 11 is 0. The maximum atomic E-state index is 12.3. The number of hydrogen-bond donors (Lipinski definition) is 2. The molecule has 118 valence electrons. The van der Waals surface area contributed by atoms with Crippen LogP contribution in [0, 0.1) is 0 Å². The van der Waals surface area contributed by atoms with E-state index < -0.39 is 0 Å². The Morgan fingerprint density at radius 3 is 2.62 bits per heavy atom. The van der Waals surface area contributed by atoms with Gasteiger partial charge in [0.2, 0.25) is 5.91 Å². The lowest BCUT2D eigenvalue weighted by molar-refractivity contribution is -0.116. The van der Waals surface area contributed by atoms with E-state index in [-0.39, 0.29) is 5.91 Å². The molecule has 0 aliphatic heterocycles. The van der Waals surface area contributed by atoms with E-state index >= 15 is 0 Å². The molecule has 24 heavy (non-hydrogen) atoms. The number of carbonyl (C=O) groups is 1. The third-order valence-electron chi connectivity index (χ3n) is 4.33. The van der Waals surface area contributed by atoms with E-state index in [0.717, 1.165) is 23.0 Å². The van der Waals surface area contributed by atoms with Crippen LogP contribution in [0.2, 0.25) is 0 Å². The fourth-order valence-corrected chi connectivity index (χ4v) is 3.08. The second-order valence-electron chi connectivity index (χ2n) is 5.97. The molecule has 3 nitrogen and oxygen atoms in total. The third kappa shape index (κ3) is 2.88. The second kappa shape index (κ2) is 6.20. The van der Waals surface area contributed by atoms with Gasteiger partial charge in [0.15, 0.2) is 0 Å². The largest absolute Gasteiger partial charge is 0.361 e. The Morgan fingerprint density at radius 1 is 0.917 bits per heavy atom. The molecule has 4 aromatic rings. The number of carbonyl (C=O) groups excluding carboxylic acids is 1. The number of benzene rings is 3. The lowest BCUT2D eigenvalue weighted by Crippen LogP contribution is -2.12. The van der Waals surface area contributed by atoms with Crippen LogP contribution in [0.25, 0.3) is 21.7 Å². The zero-order valence-corrected chi connectivity index (χ0v) is 13.3. The van der Waals surface area contributed by atoms with Crippen molar-refractivity contribution in [2.75, 3.05) is 5.32 Å². The highest BCUT2D eigenvalue weighted by Gasteiger charge is 2.07. The number of amides is 1. The number of fused-ring (bicyclic) bond motifs is 2. The van der Waals surface area contributed by atoms with Gasteiger partial charge in [-0.25, -0.2) is 0 Å². The highest BCUT2D eigenvalue weighted by Crippen LogP contribution is 2.21. The number of hydrogen-bond acceptors (Lipinski definition) is 1. The Balaban J connectivity index is 1.44. The van der Waals surface area contributed by atoms with Crippen LogP contribution in [0.5, 0.6) is 0 Å². The second-order valence-corrected chi connectivity index (χ2v) is 5.97. The molecule has 0 aliphatic carbocycles. The quantitative estimate of drug-likeness (QED) is 0.553. The van der Waals surface area contributed by atoms with Gasteiger partial charge < -0.3 is 10.3 Å². The number of aromatic nitrogens is 1. The molecule has 0 spiro atoms. The molecular formula is C21H18N2O. The minimum Gasteiger partial charge on any atom is -0.361 e. The van der Waals surface area contributed by atoms with Crippen LogP contribution in [-0.4, -0.2) is 10.9 Å². The molecule has 3 heteroatoms. The molecule has 0 unspecified atom stereocenters. The number of nitrogens with one attached hydrogen (secondary N) is 2. The van der Waals surface area contributed by atoms with E-state index in [4.69, 9.17) is 0 Å². The zero-order chi connectivity index (χ0) is 16.4. The van der Waals surface area contributed by atoms with Crippen molar-refractivity contribution in [3.05, 3.63) is 78.5 Å². The normalized spacial score (nSPS) is 11.0. The monoisotopic (exact) mass is 314 g/mol. The van der Waals surface area contributed by atoms with Crippen LogP contribution in [0.1, 0.15) is 12.0 Å². The fraction of sp³-hybridized carbons (Fsp3) is 0.0952. The summed E-state index contributed by atoms with van der Waals surface area (Å²) in [5, 5.41) is 6.49. The maximum Gasteiger partial charge on any atom is 0.224 e. The molecule has 0 fully saturated rings. The Kier molecular flexibility index (Phi) is 3.75. The summed E-state index contributed by atoms with van der Waals surface area (Å²) in [4.78, 5) is 15.5. The molecule has 1 amide bonds. The van der Waals surface area contributed by atoms with Crippen molar-refractivity contribution in [2.45, 2.75) is 12.8 Å². The van der Waals surface area contributed by atoms with Crippen LogP contribution < -0.4 is 5.32 Å². The summed E-state index contributed by atoms with van der Waals surface area (Å²) in [7, 11) is 0. The van der Waals surface area contributed by atoms with Crippen molar-refractivity contribution in [1.82, 2.24) is 4.98 Å². The first kappa shape index (κ1) is 14.5. The highest BCUT2D eigenvalue weighted by molar-refractivity contribution is 5.94. The predicted octanol–water partition coefficient (Wildman–Crippen LogP) is 4.89. The molecule has 0 atom stereocenters. The predicted molar refractivity (Wildman–Crippen MR) is 99.2 cm³/mol. The van der Waals surface area contributed by atoms with E-state index in [9.17, 15) is 4.79 Å². The van der Waals surface area contributed by atoms with Crippen LogP contribution in [-0.2, 0) is 11.2 Å². The molecular weight excluding hydrogens is 296 g/mol. The number of rotatable bonds is 4. The maximum absolute atomic E-state index is 12.3. The molecule has 0 aliphatic rings. The fourth-order valence-electron chi connectivity index (χ4n) is 3.08. The Hall–Kier alpha value is -3.07. The first-order valence-electron chi connectivity index (χ1n) is 8.13. The van der Waals surface area contributed by atoms with Crippen molar-refractivity contribution in [1.29, 1.82) is 0 Å². The summed E-state index contributed by atoms with van der Waals surface area (Å²) in [5.41, 5.74) is 3.14. The van der Waals surface area contributed by atoms with E-state index in [2.05, 4.69) is 28.5 Å². The number of aryl methyl sites for hydroxylation is 1. The van der Waals surface area contributed by atoms with Gasteiger partial charge in [0.25, 0.3) is 0 Å². The van der Waals surface area contributed by atoms with E-state index in [1.54, 1.807) is 0 Å². The lowest BCUT2D eigenvalue weighted by Gasteiger charge is -2.06. The Bertz CT molecular complexity index is 1020. The minimum absolute atomic E-state index is 0.0376. The lowest BCUT2D eigenvalue weighted by atomic mass is 10.1. The van der Waals surface area contributed by atoms with Gasteiger partial charge in [-0.2, -0.15) is 0 Å². The molecule has 1 heterocycles. The average molecular weight is 314 g/mol. The zero-order valence-electron chi connectivity index (χ0n) is 13.3. The van der Waals surface area contributed by atoms with Gasteiger partial charge in [-0.3, -0.25) is 4.79 Å². The van der Waals surface area contributed by atoms with Gasteiger partial charge in [-0.15, -0.1) is 0 Å². The number of para-hydroxylation sites is 1. The van der Waals surface area contributed by atoms with Crippen LogP contribution >= 0.6 is 0 Å². The molecule has 0 radical (unpaired) electrons. The van der Waals surface area contributed by atoms with Crippen LogP contribution in [0.4, 0.5) is 5.69 Å². The van der Waals surface area contributed by atoms with Crippen molar-refractivity contribution in [3.8, 4) is 0 Å². The van der Waals surface area contributed by atoms with E-state index in [0.29, 0.717) is 6.42 Å². The summed E-state index contributed by atoms with van der Waals surface area (Å²) in [6.07, 6.45) is 3.19. The first-order chi connectivity index (χ1) is 11.8. The smallest absolute Gasteiger partial charge is 0.224 e. The van der Waals surface area contributed by atoms with Gasteiger partial charge in [0.05, 0.1) is 0 Å². The number of aromatic amines is 1. The third-order valence-corrected chi connectivity index (χ3v) is 4.33. The molecule has 3 aromatic carbocycles.